The van der Waals surface area contributed by atoms with Crippen LogP contribution in [0.4, 0.5) is 0 Å². The summed E-state index contributed by atoms with van der Waals surface area (Å²) in [5, 5.41) is 6.40. The van der Waals surface area contributed by atoms with Gasteiger partial charge in [0.15, 0.2) is 0 Å². The molecule has 11 rings (SSSR count). The molecule has 0 amide bonds. The van der Waals surface area contributed by atoms with Crippen LogP contribution in [0.1, 0.15) is 6.85 Å². The van der Waals surface area contributed by atoms with Crippen molar-refractivity contribution in [2.45, 2.75) is 0 Å². The van der Waals surface area contributed by atoms with Gasteiger partial charge in [-0.1, -0.05) is 152 Å². The molecule has 9 aromatic carbocycles. The third kappa shape index (κ3) is 4.83. The number of imidazole rings is 1. The molecule has 0 fully saturated rings. The Morgan fingerprint density at radius 2 is 1.15 bits per heavy atom. The highest BCUT2D eigenvalue weighted by molar-refractivity contribution is 7.25. The first-order chi connectivity index (χ1) is 28.9. The first kappa shape index (κ1) is 26.0. The number of thiophene rings is 1. The maximum atomic E-state index is 8.93. The fraction of sp³-hybridized carbons (Fsp3) is 0. The second-order valence-electron chi connectivity index (χ2n) is 13.5. The fourth-order valence-electron chi connectivity index (χ4n) is 8.18. The molecular weight excluding hydrogens is 673 g/mol. The average molecular weight is 710 g/mol. The van der Waals surface area contributed by atoms with E-state index in [0.717, 1.165) is 71.9 Å². The summed E-state index contributed by atoms with van der Waals surface area (Å²) in [4.78, 5) is 5.11. The molecule has 0 aliphatic heterocycles. The minimum atomic E-state index is -0.407. The molecule has 0 aliphatic rings. The summed E-state index contributed by atoms with van der Waals surface area (Å²) in [7, 11) is 0. The molecule has 11 aromatic rings. The number of rotatable bonds is 5. The standard InChI is InChI=1S/C51H32N2S/c1-3-15-33(16-4-1)35-29-30-40-43(32-35)49(42-24-14-28-47-50(42)41-23-9-12-27-46(41)54-47)39-22-8-7-21-38(39)48(40)36-19-13-20-37(31-36)53-45-26-11-10-25-44(45)52-51(53)34-17-5-2-6-18-34/h1-32H/i1D,3D,4D,15D,16D. The Hall–Kier alpha value is -6.81. The molecular formula is C51H32N2S. The summed E-state index contributed by atoms with van der Waals surface area (Å²) in [5.41, 5.74) is 8.82. The molecule has 0 aliphatic carbocycles. The van der Waals surface area contributed by atoms with Crippen molar-refractivity contribution in [1.29, 1.82) is 0 Å². The summed E-state index contributed by atoms with van der Waals surface area (Å²) in [6.45, 7) is 0. The van der Waals surface area contributed by atoms with E-state index in [4.69, 9.17) is 11.8 Å². The van der Waals surface area contributed by atoms with Gasteiger partial charge in [0.2, 0.25) is 0 Å². The minimum absolute atomic E-state index is 0.181. The third-order valence-corrected chi connectivity index (χ3v) is 11.6. The van der Waals surface area contributed by atoms with Crippen molar-refractivity contribution in [1.82, 2.24) is 9.55 Å². The van der Waals surface area contributed by atoms with Crippen molar-refractivity contribution < 1.29 is 6.85 Å². The fourth-order valence-corrected chi connectivity index (χ4v) is 9.31. The number of fused-ring (bicyclic) bond motifs is 6. The third-order valence-electron chi connectivity index (χ3n) is 10.5. The van der Waals surface area contributed by atoms with E-state index in [1.54, 1.807) is 11.3 Å². The van der Waals surface area contributed by atoms with Crippen LogP contribution in [0.3, 0.4) is 0 Å². The molecule has 0 spiro atoms. The maximum Gasteiger partial charge on any atom is 0.145 e. The van der Waals surface area contributed by atoms with Crippen molar-refractivity contribution in [3.8, 4) is 50.5 Å². The molecule has 0 saturated carbocycles. The van der Waals surface area contributed by atoms with Gasteiger partial charge in [0, 0.05) is 31.4 Å². The van der Waals surface area contributed by atoms with Crippen molar-refractivity contribution in [3.63, 3.8) is 0 Å². The van der Waals surface area contributed by atoms with Gasteiger partial charge in [-0.3, -0.25) is 4.57 Å². The Balaban J connectivity index is 1.25. The Morgan fingerprint density at radius 3 is 2.02 bits per heavy atom. The lowest BCUT2D eigenvalue weighted by molar-refractivity contribution is 1.10. The molecule has 0 N–H and O–H groups in total. The first-order valence-electron chi connectivity index (χ1n) is 20.5. The largest absolute Gasteiger partial charge is 0.292 e. The van der Waals surface area contributed by atoms with E-state index in [1.165, 1.54) is 20.2 Å². The Labute approximate surface area is 323 Å². The number of hydrogen-bond donors (Lipinski definition) is 0. The zero-order valence-electron chi connectivity index (χ0n) is 33.9. The second-order valence-corrected chi connectivity index (χ2v) is 14.6. The van der Waals surface area contributed by atoms with E-state index in [0.29, 0.717) is 5.56 Å². The monoisotopic (exact) mass is 709 g/mol. The van der Waals surface area contributed by atoms with Gasteiger partial charge in [0.05, 0.1) is 17.9 Å². The quantitative estimate of drug-likeness (QED) is 0.163. The van der Waals surface area contributed by atoms with Crippen LogP contribution in [0.25, 0.3) is 103 Å². The number of benzene rings is 9. The van der Waals surface area contributed by atoms with Crippen molar-refractivity contribution in [2.75, 3.05) is 0 Å². The molecule has 252 valence electrons. The lowest BCUT2D eigenvalue weighted by Crippen LogP contribution is -1.98. The molecule has 54 heavy (non-hydrogen) atoms. The van der Waals surface area contributed by atoms with Gasteiger partial charge in [-0.25, -0.2) is 4.98 Å². The predicted octanol–water partition coefficient (Wildman–Crippen LogP) is 14.4. The molecule has 3 heteroatoms. The van der Waals surface area contributed by atoms with Crippen LogP contribution < -0.4 is 0 Å². The lowest BCUT2D eigenvalue weighted by atomic mass is 9.84. The second kappa shape index (κ2) is 12.4. The summed E-state index contributed by atoms with van der Waals surface area (Å²) in [6.07, 6.45) is 0. The van der Waals surface area contributed by atoms with E-state index in [1.807, 2.05) is 48.5 Å². The normalized spacial score (nSPS) is 13.0. The van der Waals surface area contributed by atoms with Crippen molar-refractivity contribution >= 4 is 64.1 Å². The highest BCUT2D eigenvalue weighted by atomic mass is 32.1. The van der Waals surface area contributed by atoms with Crippen LogP contribution in [-0.2, 0) is 0 Å². The highest BCUT2D eigenvalue weighted by Crippen LogP contribution is 2.49. The Bertz CT molecular complexity index is 3490. The summed E-state index contributed by atoms with van der Waals surface area (Å²) < 4.78 is 47.8. The van der Waals surface area contributed by atoms with Gasteiger partial charge in [-0.2, -0.15) is 0 Å². The van der Waals surface area contributed by atoms with Gasteiger partial charge < -0.3 is 0 Å². The van der Waals surface area contributed by atoms with Crippen LogP contribution >= 0.6 is 11.3 Å². The summed E-state index contributed by atoms with van der Waals surface area (Å²) in [5.74, 6) is 0.855. The van der Waals surface area contributed by atoms with Crippen LogP contribution in [0.15, 0.2) is 194 Å². The van der Waals surface area contributed by atoms with Crippen LogP contribution in [0, 0.1) is 0 Å². The first-order valence-corrected chi connectivity index (χ1v) is 18.8. The van der Waals surface area contributed by atoms with E-state index in [9.17, 15) is 0 Å². The molecule has 0 saturated heterocycles. The van der Waals surface area contributed by atoms with Crippen LogP contribution in [-0.4, -0.2) is 9.55 Å². The van der Waals surface area contributed by atoms with Crippen molar-refractivity contribution in [3.05, 3.63) is 194 Å². The predicted molar refractivity (Wildman–Crippen MR) is 231 cm³/mol. The highest BCUT2D eigenvalue weighted by Gasteiger charge is 2.21. The molecule has 2 heterocycles. The van der Waals surface area contributed by atoms with E-state index >= 15 is 0 Å². The molecule has 0 atom stereocenters. The number of para-hydroxylation sites is 2. The molecule has 0 bridgehead atoms. The molecule has 0 unspecified atom stereocenters. The van der Waals surface area contributed by atoms with Gasteiger partial charge in [0.1, 0.15) is 5.82 Å². The smallest absolute Gasteiger partial charge is 0.145 e. The van der Waals surface area contributed by atoms with Crippen LogP contribution in [0.5, 0.6) is 0 Å². The van der Waals surface area contributed by atoms with Crippen molar-refractivity contribution in [2.24, 2.45) is 0 Å². The number of nitrogens with zero attached hydrogens (tertiary/aromatic N) is 2. The lowest BCUT2D eigenvalue weighted by Gasteiger charge is -2.20. The SMILES string of the molecule is [2H]c1c([2H])c([2H])c(-c2ccc3c(-c4cccc(-n5c(-c6ccccc6)nc6ccccc65)c4)c4ccccc4c(-c4cccc5sc6ccccc6c45)c3c2)c([2H])c1[2H]. The maximum absolute atomic E-state index is 8.93. The number of aromatic nitrogens is 2. The topological polar surface area (TPSA) is 17.8 Å². The van der Waals surface area contributed by atoms with E-state index in [2.05, 4.69) is 120 Å². The Kier molecular flexibility index (Phi) is 5.98. The minimum Gasteiger partial charge on any atom is -0.292 e. The van der Waals surface area contributed by atoms with Gasteiger partial charge in [-0.05, 0) is 97.4 Å². The van der Waals surface area contributed by atoms with E-state index in [-0.39, 0.29) is 29.7 Å². The molecule has 0 radical (unpaired) electrons. The molecule has 2 aromatic heterocycles. The van der Waals surface area contributed by atoms with Crippen LogP contribution in [0.2, 0.25) is 0 Å². The number of hydrogen-bond acceptors (Lipinski definition) is 2. The summed E-state index contributed by atoms with van der Waals surface area (Å²) >= 11 is 1.77. The van der Waals surface area contributed by atoms with E-state index < -0.39 is 6.04 Å². The van der Waals surface area contributed by atoms with Gasteiger partial charge in [0.25, 0.3) is 0 Å². The summed E-state index contributed by atoms with van der Waals surface area (Å²) in [6, 6.07) is 55.1. The Morgan fingerprint density at radius 1 is 0.463 bits per heavy atom. The molecule has 2 nitrogen and oxygen atoms in total. The van der Waals surface area contributed by atoms with Gasteiger partial charge >= 0.3 is 0 Å². The average Bonchev–Trinajstić information content (AvgIpc) is 3.87. The zero-order chi connectivity index (χ0) is 39.9. The van der Waals surface area contributed by atoms with Gasteiger partial charge in [-0.15, -0.1) is 11.3 Å². The zero-order valence-corrected chi connectivity index (χ0v) is 29.7.